The Hall–Kier alpha value is -2.63. The molecular formula is C14H15N5O. The van der Waals surface area contributed by atoms with Gasteiger partial charge in [0.05, 0.1) is 5.52 Å². The van der Waals surface area contributed by atoms with Gasteiger partial charge in [-0.05, 0) is 31.2 Å². The zero-order valence-corrected chi connectivity index (χ0v) is 11.1. The first kappa shape index (κ1) is 12.4. The third-order valence-corrected chi connectivity index (χ3v) is 3.03. The molecule has 0 atom stereocenters. The first-order valence-electron chi connectivity index (χ1n) is 6.38. The summed E-state index contributed by atoms with van der Waals surface area (Å²) in [4.78, 5) is 8.49. The molecule has 3 rings (SSSR count). The molecule has 0 saturated heterocycles. The van der Waals surface area contributed by atoms with E-state index in [1.165, 1.54) is 6.39 Å². The van der Waals surface area contributed by atoms with Gasteiger partial charge in [-0.1, -0.05) is 5.16 Å². The Bertz CT molecular complexity index is 724. The maximum Gasteiger partial charge on any atom is 0.213 e. The van der Waals surface area contributed by atoms with Gasteiger partial charge in [0.25, 0.3) is 0 Å². The van der Waals surface area contributed by atoms with Crippen molar-refractivity contribution < 1.29 is 4.52 Å². The number of rotatable bonds is 4. The summed E-state index contributed by atoms with van der Waals surface area (Å²) in [6.07, 6.45) is 2.03. The van der Waals surface area contributed by atoms with E-state index in [0.29, 0.717) is 18.8 Å². The lowest BCUT2D eigenvalue weighted by atomic mass is 10.1. The van der Waals surface area contributed by atoms with Crippen LogP contribution in [0.1, 0.15) is 11.5 Å². The standard InChI is InChI=1S/C14H15N5O/c1-9-6-13(16-5-4-14-17-8-20-19-14)11-7-10(15)2-3-12(11)18-9/h2-3,6-8H,4-5,15H2,1H3,(H,16,18). The Balaban J connectivity index is 1.84. The molecule has 0 spiro atoms. The van der Waals surface area contributed by atoms with E-state index in [-0.39, 0.29) is 0 Å². The monoisotopic (exact) mass is 269 g/mol. The molecule has 0 saturated carbocycles. The highest BCUT2D eigenvalue weighted by atomic mass is 16.5. The van der Waals surface area contributed by atoms with Crippen LogP contribution in [-0.2, 0) is 6.42 Å². The Morgan fingerprint density at radius 1 is 1.30 bits per heavy atom. The van der Waals surface area contributed by atoms with E-state index < -0.39 is 0 Å². The number of hydrogen-bond donors (Lipinski definition) is 2. The van der Waals surface area contributed by atoms with Gasteiger partial charge in [-0.15, -0.1) is 0 Å². The van der Waals surface area contributed by atoms with E-state index in [1.54, 1.807) is 0 Å². The summed E-state index contributed by atoms with van der Waals surface area (Å²) in [5.74, 6) is 0.687. The highest BCUT2D eigenvalue weighted by molar-refractivity contribution is 5.93. The van der Waals surface area contributed by atoms with Gasteiger partial charge in [0, 0.05) is 35.4 Å². The van der Waals surface area contributed by atoms with Crippen molar-refractivity contribution in [1.82, 2.24) is 15.1 Å². The highest BCUT2D eigenvalue weighted by Crippen LogP contribution is 2.25. The van der Waals surface area contributed by atoms with Crippen molar-refractivity contribution in [2.75, 3.05) is 17.6 Å². The molecule has 0 aliphatic carbocycles. The zero-order valence-electron chi connectivity index (χ0n) is 11.1. The number of nitrogen functional groups attached to an aromatic ring is 1. The molecule has 2 aromatic heterocycles. The largest absolute Gasteiger partial charge is 0.399 e. The van der Waals surface area contributed by atoms with E-state index >= 15 is 0 Å². The smallest absolute Gasteiger partial charge is 0.213 e. The van der Waals surface area contributed by atoms with Crippen LogP contribution < -0.4 is 11.1 Å². The lowest BCUT2D eigenvalue weighted by Crippen LogP contribution is -2.07. The number of benzene rings is 1. The molecule has 0 bridgehead atoms. The van der Waals surface area contributed by atoms with Gasteiger partial charge in [-0.25, -0.2) is 0 Å². The summed E-state index contributed by atoms with van der Waals surface area (Å²) >= 11 is 0. The summed E-state index contributed by atoms with van der Waals surface area (Å²) in [6.45, 7) is 2.69. The summed E-state index contributed by atoms with van der Waals surface area (Å²) in [6, 6.07) is 7.73. The number of fused-ring (bicyclic) bond motifs is 1. The Morgan fingerprint density at radius 3 is 3.00 bits per heavy atom. The van der Waals surface area contributed by atoms with E-state index in [9.17, 15) is 0 Å². The summed E-state index contributed by atoms with van der Waals surface area (Å²) < 4.78 is 4.71. The maximum atomic E-state index is 5.85. The molecular weight excluding hydrogens is 254 g/mol. The summed E-state index contributed by atoms with van der Waals surface area (Å²) in [5, 5.41) is 8.18. The van der Waals surface area contributed by atoms with Crippen molar-refractivity contribution in [3.63, 3.8) is 0 Å². The van der Waals surface area contributed by atoms with Crippen molar-refractivity contribution in [2.24, 2.45) is 0 Å². The van der Waals surface area contributed by atoms with Crippen LogP contribution in [0.4, 0.5) is 11.4 Å². The fourth-order valence-electron chi connectivity index (χ4n) is 2.13. The van der Waals surface area contributed by atoms with Crippen LogP contribution >= 0.6 is 0 Å². The summed E-state index contributed by atoms with van der Waals surface area (Å²) in [5.41, 5.74) is 9.49. The van der Waals surface area contributed by atoms with E-state index in [1.807, 2.05) is 31.2 Å². The lowest BCUT2D eigenvalue weighted by molar-refractivity contribution is 0.410. The highest BCUT2D eigenvalue weighted by Gasteiger charge is 2.05. The lowest BCUT2D eigenvalue weighted by Gasteiger charge is -2.10. The molecule has 20 heavy (non-hydrogen) atoms. The third kappa shape index (κ3) is 2.54. The average Bonchev–Trinajstić information content (AvgIpc) is 2.92. The van der Waals surface area contributed by atoms with Gasteiger partial charge in [0.15, 0.2) is 5.82 Å². The molecule has 6 heteroatoms. The average molecular weight is 269 g/mol. The van der Waals surface area contributed by atoms with Crippen molar-refractivity contribution in [1.29, 1.82) is 0 Å². The maximum absolute atomic E-state index is 5.85. The Morgan fingerprint density at radius 2 is 2.20 bits per heavy atom. The van der Waals surface area contributed by atoms with E-state index in [0.717, 1.165) is 28.0 Å². The fraction of sp³-hybridized carbons (Fsp3) is 0.214. The predicted molar refractivity (Wildman–Crippen MR) is 77.4 cm³/mol. The zero-order chi connectivity index (χ0) is 13.9. The molecule has 0 aliphatic heterocycles. The third-order valence-electron chi connectivity index (χ3n) is 3.03. The van der Waals surface area contributed by atoms with Gasteiger partial charge in [0.2, 0.25) is 6.39 Å². The molecule has 1 aromatic carbocycles. The number of aryl methyl sites for hydroxylation is 1. The minimum absolute atomic E-state index is 0.687. The number of anilines is 2. The van der Waals surface area contributed by atoms with Crippen LogP contribution in [0.3, 0.4) is 0 Å². The Kier molecular flexibility index (Phi) is 3.20. The Labute approximate surface area is 116 Å². The number of aromatic nitrogens is 3. The number of nitrogens with zero attached hydrogens (tertiary/aromatic N) is 3. The van der Waals surface area contributed by atoms with Crippen LogP contribution in [0, 0.1) is 6.92 Å². The number of nitrogens with one attached hydrogen (secondary N) is 1. The second-order valence-electron chi connectivity index (χ2n) is 4.61. The first-order chi connectivity index (χ1) is 9.72. The number of pyridine rings is 1. The quantitative estimate of drug-likeness (QED) is 0.705. The van der Waals surface area contributed by atoms with Crippen molar-refractivity contribution in [3.8, 4) is 0 Å². The SMILES string of the molecule is Cc1cc(NCCc2ncon2)c2cc(N)ccc2n1. The normalized spacial score (nSPS) is 10.8. The van der Waals surface area contributed by atoms with E-state index in [2.05, 4.69) is 20.4 Å². The number of nitrogens with two attached hydrogens (primary N) is 1. The number of hydrogen-bond acceptors (Lipinski definition) is 6. The van der Waals surface area contributed by atoms with Crippen molar-refractivity contribution in [3.05, 3.63) is 42.2 Å². The second kappa shape index (κ2) is 5.16. The molecule has 0 aliphatic rings. The van der Waals surface area contributed by atoms with Gasteiger partial charge >= 0.3 is 0 Å². The molecule has 0 amide bonds. The molecule has 102 valence electrons. The van der Waals surface area contributed by atoms with Gasteiger partial charge in [-0.2, -0.15) is 4.98 Å². The fourth-order valence-corrected chi connectivity index (χ4v) is 2.13. The van der Waals surface area contributed by atoms with Gasteiger partial charge in [0.1, 0.15) is 0 Å². The first-order valence-corrected chi connectivity index (χ1v) is 6.38. The topological polar surface area (TPSA) is 89.9 Å². The molecule has 3 aromatic rings. The summed E-state index contributed by atoms with van der Waals surface area (Å²) in [7, 11) is 0. The predicted octanol–water partition coefficient (Wildman–Crippen LogP) is 2.16. The van der Waals surface area contributed by atoms with Crippen LogP contribution in [0.25, 0.3) is 10.9 Å². The second-order valence-corrected chi connectivity index (χ2v) is 4.61. The van der Waals surface area contributed by atoms with Crippen molar-refractivity contribution in [2.45, 2.75) is 13.3 Å². The van der Waals surface area contributed by atoms with Crippen LogP contribution in [0.15, 0.2) is 35.2 Å². The van der Waals surface area contributed by atoms with Crippen LogP contribution in [0.2, 0.25) is 0 Å². The minimum Gasteiger partial charge on any atom is -0.399 e. The molecule has 3 N–H and O–H groups in total. The van der Waals surface area contributed by atoms with Crippen LogP contribution in [0.5, 0.6) is 0 Å². The van der Waals surface area contributed by atoms with E-state index in [4.69, 9.17) is 10.3 Å². The van der Waals surface area contributed by atoms with Crippen molar-refractivity contribution >= 4 is 22.3 Å². The van der Waals surface area contributed by atoms with Gasteiger partial charge < -0.3 is 15.6 Å². The molecule has 0 unspecified atom stereocenters. The molecule has 6 nitrogen and oxygen atoms in total. The van der Waals surface area contributed by atoms with Gasteiger partial charge in [-0.3, -0.25) is 4.98 Å². The molecule has 2 heterocycles. The van der Waals surface area contributed by atoms with Crippen LogP contribution in [-0.4, -0.2) is 21.7 Å². The molecule has 0 fully saturated rings. The molecule has 0 radical (unpaired) electrons. The minimum atomic E-state index is 0.687.